The van der Waals surface area contributed by atoms with Crippen LogP contribution < -0.4 is 10.6 Å². The minimum atomic E-state index is -0.438. The van der Waals surface area contributed by atoms with E-state index in [2.05, 4.69) is 28.8 Å². The summed E-state index contributed by atoms with van der Waals surface area (Å²) in [6.45, 7) is 7.89. The summed E-state index contributed by atoms with van der Waals surface area (Å²) in [5.41, 5.74) is 0.660. The first-order valence-corrected chi connectivity index (χ1v) is 8.34. The van der Waals surface area contributed by atoms with Gasteiger partial charge in [-0.25, -0.2) is 0 Å². The quantitative estimate of drug-likeness (QED) is 0.882. The lowest BCUT2D eigenvalue weighted by molar-refractivity contribution is -0.128. The number of amides is 2. The van der Waals surface area contributed by atoms with E-state index in [1.807, 2.05) is 52.0 Å². The molecule has 0 radical (unpaired) electrons. The molecule has 2 amide bonds. The maximum absolute atomic E-state index is 12.1. The summed E-state index contributed by atoms with van der Waals surface area (Å²) in [6, 6.07) is 14.2. The molecular formula is C20H26N2O2. The number of carbonyl (C=O) groups is 2. The van der Waals surface area contributed by atoms with Crippen molar-refractivity contribution in [3.05, 3.63) is 48.0 Å². The van der Waals surface area contributed by atoms with Gasteiger partial charge in [0.1, 0.15) is 0 Å². The number of carbonyl (C=O) groups excluding carboxylic acids is 2. The first kappa shape index (κ1) is 18.0. The van der Waals surface area contributed by atoms with Gasteiger partial charge in [0, 0.05) is 18.4 Å². The molecule has 0 aliphatic carbocycles. The maximum atomic E-state index is 12.1. The Morgan fingerprint density at radius 2 is 1.71 bits per heavy atom. The first-order chi connectivity index (χ1) is 11.3. The molecule has 0 aliphatic heterocycles. The SMILES string of the molecule is CC(NC(=O)CCNC(=O)C(C)(C)C)c1cccc2ccccc12. The van der Waals surface area contributed by atoms with Crippen LogP contribution in [0.1, 0.15) is 45.7 Å². The molecule has 0 heterocycles. The van der Waals surface area contributed by atoms with Crippen molar-refractivity contribution < 1.29 is 9.59 Å². The van der Waals surface area contributed by atoms with Gasteiger partial charge in [0.15, 0.2) is 0 Å². The van der Waals surface area contributed by atoms with Crippen molar-refractivity contribution in [3.8, 4) is 0 Å². The highest BCUT2D eigenvalue weighted by Gasteiger charge is 2.20. The van der Waals surface area contributed by atoms with E-state index >= 15 is 0 Å². The number of fused-ring (bicyclic) bond motifs is 1. The summed E-state index contributed by atoms with van der Waals surface area (Å²) in [5.74, 6) is -0.109. The third-order valence-electron chi connectivity index (χ3n) is 3.99. The third-order valence-corrected chi connectivity index (χ3v) is 3.99. The zero-order valence-corrected chi connectivity index (χ0v) is 14.8. The number of rotatable bonds is 5. The average molecular weight is 326 g/mol. The predicted octanol–water partition coefficient (Wildman–Crippen LogP) is 3.57. The van der Waals surface area contributed by atoms with Gasteiger partial charge in [0.05, 0.1) is 6.04 Å². The molecule has 1 atom stereocenters. The second-order valence-electron chi connectivity index (χ2n) is 7.11. The molecule has 2 N–H and O–H groups in total. The van der Waals surface area contributed by atoms with E-state index < -0.39 is 5.41 Å². The van der Waals surface area contributed by atoms with Crippen LogP contribution in [0.5, 0.6) is 0 Å². The zero-order valence-electron chi connectivity index (χ0n) is 14.8. The van der Waals surface area contributed by atoms with E-state index in [4.69, 9.17) is 0 Å². The normalized spacial score (nSPS) is 12.7. The van der Waals surface area contributed by atoms with Crippen molar-refractivity contribution >= 4 is 22.6 Å². The highest BCUT2D eigenvalue weighted by atomic mass is 16.2. The van der Waals surface area contributed by atoms with Gasteiger partial charge < -0.3 is 10.6 Å². The second kappa shape index (κ2) is 7.47. The molecule has 4 heteroatoms. The largest absolute Gasteiger partial charge is 0.355 e. The molecule has 0 aromatic heterocycles. The highest BCUT2D eigenvalue weighted by Crippen LogP contribution is 2.24. The highest BCUT2D eigenvalue weighted by molar-refractivity contribution is 5.87. The Hall–Kier alpha value is -2.36. The van der Waals surface area contributed by atoms with Crippen molar-refractivity contribution in [1.82, 2.24) is 10.6 Å². The molecule has 0 fully saturated rings. The summed E-state index contributed by atoms with van der Waals surface area (Å²) in [7, 11) is 0. The van der Waals surface area contributed by atoms with Gasteiger partial charge in [-0.05, 0) is 23.3 Å². The molecule has 0 aliphatic rings. The van der Waals surface area contributed by atoms with Crippen LogP contribution in [0.3, 0.4) is 0 Å². The molecular weight excluding hydrogens is 300 g/mol. The average Bonchev–Trinajstić information content (AvgIpc) is 2.53. The Morgan fingerprint density at radius 1 is 1.04 bits per heavy atom. The van der Waals surface area contributed by atoms with Crippen molar-refractivity contribution in [2.45, 2.75) is 40.2 Å². The van der Waals surface area contributed by atoms with Crippen LogP contribution in [0, 0.1) is 5.41 Å². The monoisotopic (exact) mass is 326 g/mol. The molecule has 0 saturated heterocycles. The minimum Gasteiger partial charge on any atom is -0.355 e. The van der Waals surface area contributed by atoms with E-state index in [0.717, 1.165) is 16.3 Å². The van der Waals surface area contributed by atoms with Crippen LogP contribution in [-0.2, 0) is 9.59 Å². The Kier molecular flexibility index (Phi) is 5.60. The smallest absolute Gasteiger partial charge is 0.225 e. The molecule has 128 valence electrons. The number of nitrogens with one attached hydrogen (secondary N) is 2. The first-order valence-electron chi connectivity index (χ1n) is 8.34. The van der Waals surface area contributed by atoms with Crippen molar-refractivity contribution in [2.75, 3.05) is 6.54 Å². The lowest BCUT2D eigenvalue weighted by Crippen LogP contribution is -2.37. The number of benzene rings is 2. The molecule has 0 bridgehead atoms. The lowest BCUT2D eigenvalue weighted by Gasteiger charge is -2.19. The van der Waals surface area contributed by atoms with Crippen LogP contribution in [-0.4, -0.2) is 18.4 Å². The van der Waals surface area contributed by atoms with E-state index in [-0.39, 0.29) is 24.3 Å². The Labute approximate surface area is 143 Å². The third kappa shape index (κ3) is 4.57. The Morgan fingerprint density at radius 3 is 2.42 bits per heavy atom. The fourth-order valence-electron chi connectivity index (χ4n) is 2.57. The summed E-state index contributed by atoms with van der Waals surface area (Å²) >= 11 is 0. The minimum absolute atomic E-state index is 0.0441. The predicted molar refractivity (Wildman–Crippen MR) is 97.6 cm³/mol. The zero-order chi connectivity index (χ0) is 17.7. The van der Waals surface area contributed by atoms with E-state index in [9.17, 15) is 9.59 Å². The summed E-state index contributed by atoms with van der Waals surface area (Å²) in [5, 5.41) is 8.11. The molecule has 2 aromatic carbocycles. The van der Waals surface area contributed by atoms with E-state index in [0.29, 0.717) is 6.54 Å². The fourth-order valence-corrected chi connectivity index (χ4v) is 2.57. The van der Waals surface area contributed by atoms with Gasteiger partial charge in [-0.1, -0.05) is 63.2 Å². The van der Waals surface area contributed by atoms with Gasteiger partial charge in [0.2, 0.25) is 11.8 Å². The van der Waals surface area contributed by atoms with Gasteiger partial charge in [-0.15, -0.1) is 0 Å². The number of hydrogen-bond acceptors (Lipinski definition) is 2. The van der Waals surface area contributed by atoms with Crippen LogP contribution in [0.2, 0.25) is 0 Å². The Balaban J connectivity index is 1.93. The molecule has 1 unspecified atom stereocenters. The van der Waals surface area contributed by atoms with Crippen molar-refractivity contribution in [1.29, 1.82) is 0 Å². The van der Waals surface area contributed by atoms with Crippen molar-refractivity contribution in [3.63, 3.8) is 0 Å². The molecule has 0 saturated carbocycles. The molecule has 24 heavy (non-hydrogen) atoms. The topological polar surface area (TPSA) is 58.2 Å². The summed E-state index contributed by atoms with van der Waals surface area (Å²) in [6.07, 6.45) is 0.275. The standard InChI is InChI=1S/C20H26N2O2/c1-14(16-11-7-9-15-8-5-6-10-17(15)16)22-18(23)12-13-21-19(24)20(2,3)4/h5-11,14H,12-13H2,1-4H3,(H,21,24)(H,22,23). The molecule has 2 aromatic rings. The van der Waals surface area contributed by atoms with Crippen LogP contribution in [0.4, 0.5) is 0 Å². The number of hydrogen-bond donors (Lipinski definition) is 2. The maximum Gasteiger partial charge on any atom is 0.225 e. The molecule has 0 spiro atoms. The van der Waals surface area contributed by atoms with Gasteiger partial charge >= 0.3 is 0 Å². The van der Waals surface area contributed by atoms with Crippen LogP contribution in [0.25, 0.3) is 10.8 Å². The van der Waals surface area contributed by atoms with Gasteiger partial charge in [-0.3, -0.25) is 9.59 Å². The summed E-state index contributed by atoms with van der Waals surface area (Å²) in [4.78, 5) is 23.9. The fraction of sp³-hybridized carbons (Fsp3) is 0.400. The van der Waals surface area contributed by atoms with Gasteiger partial charge in [-0.2, -0.15) is 0 Å². The lowest BCUT2D eigenvalue weighted by atomic mass is 9.96. The summed E-state index contributed by atoms with van der Waals surface area (Å²) < 4.78 is 0. The Bertz CT molecular complexity index is 726. The second-order valence-corrected chi connectivity index (χ2v) is 7.11. The van der Waals surface area contributed by atoms with Crippen LogP contribution >= 0.6 is 0 Å². The van der Waals surface area contributed by atoms with Gasteiger partial charge in [0.25, 0.3) is 0 Å². The van der Waals surface area contributed by atoms with Crippen molar-refractivity contribution in [2.24, 2.45) is 5.41 Å². The van der Waals surface area contributed by atoms with Crippen LogP contribution in [0.15, 0.2) is 42.5 Å². The molecule has 2 rings (SSSR count). The van der Waals surface area contributed by atoms with E-state index in [1.165, 1.54) is 0 Å². The van der Waals surface area contributed by atoms with E-state index in [1.54, 1.807) is 0 Å². The molecule has 4 nitrogen and oxygen atoms in total.